The van der Waals surface area contributed by atoms with Crippen molar-refractivity contribution < 1.29 is 13.5 Å². The third-order valence-corrected chi connectivity index (χ3v) is 4.41. The van der Waals surface area contributed by atoms with E-state index in [4.69, 9.17) is 4.74 Å². The molecule has 2 atom stereocenters. The molecule has 1 aromatic rings. The van der Waals surface area contributed by atoms with Gasteiger partial charge in [-0.2, -0.15) is 0 Å². The van der Waals surface area contributed by atoms with Crippen LogP contribution in [0.15, 0.2) is 18.2 Å². The molecular formula is C17H25F2NO. The molecule has 0 amide bonds. The van der Waals surface area contributed by atoms with Gasteiger partial charge in [-0.1, -0.05) is 19.3 Å². The summed E-state index contributed by atoms with van der Waals surface area (Å²) in [6.07, 6.45) is 5.72. The van der Waals surface area contributed by atoms with Crippen LogP contribution in [0, 0.1) is 17.6 Å². The Hall–Kier alpha value is -1.00. The molecular weight excluding hydrogens is 272 g/mol. The normalized spacial score (nSPS) is 19.4. The highest BCUT2D eigenvalue weighted by atomic mass is 19.1. The lowest BCUT2D eigenvalue weighted by Crippen LogP contribution is -2.39. The van der Waals surface area contributed by atoms with Crippen LogP contribution in [-0.4, -0.2) is 19.8 Å². The lowest BCUT2D eigenvalue weighted by Gasteiger charge is -2.36. The molecule has 2 unspecified atom stereocenters. The second-order valence-corrected chi connectivity index (χ2v) is 5.75. The predicted octanol–water partition coefficient (Wildman–Crippen LogP) is 4.21. The molecule has 1 saturated carbocycles. The van der Waals surface area contributed by atoms with E-state index >= 15 is 0 Å². The van der Waals surface area contributed by atoms with Gasteiger partial charge in [0.15, 0.2) is 0 Å². The molecule has 118 valence electrons. The highest BCUT2D eigenvalue weighted by Gasteiger charge is 2.32. The van der Waals surface area contributed by atoms with Crippen LogP contribution in [0.5, 0.6) is 0 Å². The van der Waals surface area contributed by atoms with E-state index in [1.807, 2.05) is 6.92 Å². The number of benzene rings is 1. The molecule has 0 saturated heterocycles. The van der Waals surface area contributed by atoms with E-state index in [1.54, 1.807) is 7.05 Å². The molecule has 1 aliphatic rings. The molecule has 2 nitrogen and oxygen atoms in total. The van der Waals surface area contributed by atoms with Crippen molar-refractivity contribution in [2.75, 3.05) is 13.7 Å². The average Bonchev–Trinajstić information content (AvgIpc) is 2.51. The van der Waals surface area contributed by atoms with Crippen molar-refractivity contribution in [2.24, 2.45) is 5.92 Å². The summed E-state index contributed by atoms with van der Waals surface area (Å²) >= 11 is 0. The van der Waals surface area contributed by atoms with Crippen LogP contribution in [0.1, 0.15) is 50.6 Å². The van der Waals surface area contributed by atoms with E-state index in [0.717, 1.165) is 18.9 Å². The zero-order valence-electron chi connectivity index (χ0n) is 12.9. The number of likely N-dealkylation sites (N-methyl/N-ethyl adjacent to an activating group) is 1. The average molecular weight is 297 g/mol. The fourth-order valence-electron chi connectivity index (χ4n) is 3.41. The van der Waals surface area contributed by atoms with Gasteiger partial charge in [-0.3, -0.25) is 0 Å². The van der Waals surface area contributed by atoms with Crippen molar-refractivity contribution in [2.45, 2.75) is 51.2 Å². The maximum absolute atomic E-state index is 14.1. The summed E-state index contributed by atoms with van der Waals surface area (Å²) in [6, 6.07) is 3.32. The molecule has 2 rings (SSSR count). The Bertz CT molecular complexity index is 446. The number of hydrogen-bond donors (Lipinski definition) is 1. The van der Waals surface area contributed by atoms with Crippen molar-refractivity contribution in [3.63, 3.8) is 0 Å². The van der Waals surface area contributed by atoms with Gasteiger partial charge in [0.05, 0.1) is 12.1 Å². The maximum Gasteiger partial charge on any atom is 0.128 e. The molecule has 0 spiro atoms. The van der Waals surface area contributed by atoms with E-state index in [0.29, 0.717) is 18.1 Å². The van der Waals surface area contributed by atoms with Gasteiger partial charge in [0.25, 0.3) is 0 Å². The zero-order valence-corrected chi connectivity index (χ0v) is 12.9. The van der Waals surface area contributed by atoms with Crippen LogP contribution in [0.2, 0.25) is 0 Å². The van der Waals surface area contributed by atoms with Crippen LogP contribution in [0.4, 0.5) is 8.78 Å². The summed E-state index contributed by atoms with van der Waals surface area (Å²) in [6.45, 7) is 2.53. The Labute approximate surface area is 125 Å². The van der Waals surface area contributed by atoms with Crippen molar-refractivity contribution >= 4 is 0 Å². The topological polar surface area (TPSA) is 21.3 Å². The summed E-state index contributed by atoms with van der Waals surface area (Å²) in [7, 11) is 1.78. The van der Waals surface area contributed by atoms with Crippen LogP contribution in [0.3, 0.4) is 0 Å². The fraction of sp³-hybridized carbons (Fsp3) is 0.647. The number of nitrogens with one attached hydrogen (secondary N) is 1. The Morgan fingerprint density at radius 3 is 2.57 bits per heavy atom. The van der Waals surface area contributed by atoms with Crippen molar-refractivity contribution in [1.29, 1.82) is 0 Å². The number of hydrogen-bond acceptors (Lipinski definition) is 2. The maximum atomic E-state index is 14.1. The van der Waals surface area contributed by atoms with E-state index in [-0.39, 0.29) is 18.0 Å². The van der Waals surface area contributed by atoms with Crippen LogP contribution in [0.25, 0.3) is 0 Å². The molecule has 4 heteroatoms. The SMILES string of the molecule is CCOC(C1CCCCC1)C(NC)c1cc(F)ccc1F. The van der Waals surface area contributed by atoms with Gasteiger partial charge < -0.3 is 10.1 Å². The van der Waals surface area contributed by atoms with Crippen molar-refractivity contribution in [3.05, 3.63) is 35.4 Å². The lowest BCUT2D eigenvalue weighted by molar-refractivity contribution is -0.0175. The predicted molar refractivity (Wildman–Crippen MR) is 80.1 cm³/mol. The molecule has 1 aliphatic carbocycles. The first-order chi connectivity index (χ1) is 10.2. The molecule has 21 heavy (non-hydrogen) atoms. The Morgan fingerprint density at radius 2 is 1.95 bits per heavy atom. The van der Waals surface area contributed by atoms with Gasteiger partial charge in [-0.05, 0) is 50.9 Å². The summed E-state index contributed by atoms with van der Waals surface area (Å²) in [5, 5.41) is 3.14. The van der Waals surface area contributed by atoms with Crippen LogP contribution < -0.4 is 5.32 Å². The Morgan fingerprint density at radius 1 is 1.24 bits per heavy atom. The number of ether oxygens (including phenoxy) is 1. The highest BCUT2D eigenvalue weighted by molar-refractivity contribution is 5.23. The van der Waals surface area contributed by atoms with Gasteiger partial charge >= 0.3 is 0 Å². The van der Waals surface area contributed by atoms with Crippen molar-refractivity contribution in [3.8, 4) is 0 Å². The summed E-state index contributed by atoms with van der Waals surface area (Å²) in [5.74, 6) is -0.388. The summed E-state index contributed by atoms with van der Waals surface area (Å²) in [5.41, 5.74) is 0.363. The summed E-state index contributed by atoms with van der Waals surface area (Å²) in [4.78, 5) is 0. The van der Waals surface area contributed by atoms with Gasteiger partial charge in [0, 0.05) is 12.2 Å². The molecule has 0 bridgehead atoms. The quantitative estimate of drug-likeness (QED) is 0.849. The van der Waals surface area contributed by atoms with Crippen LogP contribution >= 0.6 is 0 Å². The molecule has 0 radical (unpaired) electrons. The number of halogens is 2. The van der Waals surface area contributed by atoms with E-state index < -0.39 is 5.82 Å². The minimum atomic E-state index is -0.412. The molecule has 1 N–H and O–H groups in total. The largest absolute Gasteiger partial charge is 0.376 e. The molecule has 0 heterocycles. The number of rotatable bonds is 6. The first kappa shape index (κ1) is 16.4. The fourth-order valence-corrected chi connectivity index (χ4v) is 3.41. The lowest BCUT2D eigenvalue weighted by atomic mass is 9.81. The van der Waals surface area contributed by atoms with Crippen molar-refractivity contribution in [1.82, 2.24) is 5.32 Å². The zero-order chi connectivity index (χ0) is 15.2. The highest BCUT2D eigenvalue weighted by Crippen LogP contribution is 2.35. The standard InChI is InChI=1S/C17H25F2NO/c1-3-21-17(12-7-5-4-6-8-12)16(20-2)14-11-13(18)9-10-15(14)19/h9-12,16-17,20H,3-8H2,1-2H3. The van der Waals surface area contributed by atoms with E-state index in [2.05, 4.69) is 5.32 Å². The van der Waals surface area contributed by atoms with Gasteiger partial charge in [0.2, 0.25) is 0 Å². The third-order valence-electron chi connectivity index (χ3n) is 4.41. The monoisotopic (exact) mass is 297 g/mol. The van der Waals surface area contributed by atoms with Crippen LogP contribution in [-0.2, 0) is 4.74 Å². The molecule has 0 aliphatic heterocycles. The molecule has 0 aromatic heterocycles. The Balaban J connectivity index is 2.27. The minimum Gasteiger partial charge on any atom is -0.376 e. The van der Waals surface area contributed by atoms with Gasteiger partial charge in [-0.15, -0.1) is 0 Å². The second kappa shape index (κ2) is 7.85. The van der Waals surface area contributed by atoms with E-state index in [9.17, 15) is 8.78 Å². The first-order valence-electron chi connectivity index (χ1n) is 7.91. The smallest absolute Gasteiger partial charge is 0.128 e. The molecule has 1 fully saturated rings. The third kappa shape index (κ3) is 4.01. The van der Waals surface area contributed by atoms with E-state index in [1.165, 1.54) is 31.4 Å². The first-order valence-corrected chi connectivity index (χ1v) is 7.91. The second-order valence-electron chi connectivity index (χ2n) is 5.75. The minimum absolute atomic E-state index is 0.114. The van der Waals surface area contributed by atoms with Gasteiger partial charge in [0.1, 0.15) is 11.6 Å². The molecule has 1 aromatic carbocycles. The summed E-state index contributed by atoms with van der Waals surface area (Å²) < 4.78 is 33.5. The van der Waals surface area contributed by atoms with Gasteiger partial charge in [-0.25, -0.2) is 8.78 Å². The Kier molecular flexibility index (Phi) is 6.12.